The van der Waals surface area contributed by atoms with Gasteiger partial charge in [-0.05, 0) is 19.8 Å². The van der Waals surface area contributed by atoms with Crippen molar-refractivity contribution < 1.29 is 9.47 Å². The average Bonchev–Trinajstić information content (AvgIpc) is 2.06. The summed E-state index contributed by atoms with van der Waals surface area (Å²) in [6.45, 7) is 6.00. The van der Waals surface area contributed by atoms with Crippen LogP contribution in [0.15, 0.2) is 0 Å². The zero-order valence-corrected chi connectivity index (χ0v) is 8.27. The molecule has 1 heterocycles. The van der Waals surface area contributed by atoms with E-state index in [9.17, 15) is 0 Å². The number of ether oxygens (including phenoxy) is 2. The quantitative estimate of drug-likeness (QED) is 0.607. The third-order valence-electron chi connectivity index (χ3n) is 2.34. The maximum absolute atomic E-state index is 5.59. The van der Waals surface area contributed by atoms with E-state index in [1.807, 2.05) is 0 Å². The summed E-state index contributed by atoms with van der Waals surface area (Å²) in [6, 6.07) is 0. The lowest BCUT2D eigenvalue weighted by Gasteiger charge is -2.33. The van der Waals surface area contributed by atoms with Crippen LogP contribution >= 0.6 is 0 Å². The van der Waals surface area contributed by atoms with Gasteiger partial charge in [0, 0.05) is 6.42 Å². The van der Waals surface area contributed by atoms with E-state index < -0.39 is 0 Å². The Bertz CT molecular complexity index is 117. The van der Waals surface area contributed by atoms with E-state index in [1.165, 1.54) is 19.3 Å². The van der Waals surface area contributed by atoms with Crippen LogP contribution in [0.4, 0.5) is 0 Å². The van der Waals surface area contributed by atoms with Crippen LogP contribution < -0.4 is 0 Å². The number of unbranched alkanes of at least 4 members (excludes halogenated alkanes) is 2. The monoisotopic (exact) mass is 172 g/mol. The summed E-state index contributed by atoms with van der Waals surface area (Å²) >= 11 is 0. The molecular formula is C10H20O2. The normalized spacial score (nSPS) is 22.5. The van der Waals surface area contributed by atoms with Crippen LogP contribution in [0.1, 0.15) is 46.0 Å². The summed E-state index contributed by atoms with van der Waals surface area (Å²) in [7, 11) is 0. The fourth-order valence-corrected chi connectivity index (χ4v) is 1.52. The van der Waals surface area contributed by atoms with Crippen LogP contribution in [0.3, 0.4) is 0 Å². The Labute approximate surface area is 75.2 Å². The Morgan fingerprint density at radius 2 is 1.83 bits per heavy atom. The SMILES string of the molecule is CCCCCC1(C)OCCCO1. The molecule has 1 aliphatic heterocycles. The first-order valence-corrected chi connectivity index (χ1v) is 5.05. The van der Waals surface area contributed by atoms with Crippen molar-refractivity contribution in [1.82, 2.24) is 0 Å². The molecule has 0 saturated carbocycles. The lowest BCUT2D eigenvalue weighted by Crippen LogP contribution is -2.37. The molecule has 0 unspecified atom stereocenters. The van der Waals surface area contributed by atoms with Crippen LogP contribution in [-0.4, -0.2) is 19.0 Å². The van der Waals surface area contributed by atoms with E-state index in [0.29, 0.717) is 0 Å². The molecule has 0 spiro atoms. The minimum absolute atomic E-state index is 0.270. The molecule has 1 fully saturated rings. The van der Waals surface area contributed by atoms with E-state index in [-0.39, 0.29) is 5.79 Å². The Morgan fingerprint density at radius 3 is 2.42 bits per heavy atom. The molecule has 72 valence electrons. The van der Waals surface area contributed by atoms with Gasteiger partial charge in [0.15, 0.2) is 5.79 Å². The van der Waals surface area contributed by atoms with Crippen molar-refractivity contribution in [3.8, 4) is 0 Å². The van der Waals surface area contributed by atoms with Gasteiger partial charge in [0.05, 0.1) is 13.2 Å². The Morgan fingerprint density at radius 1 is 1.17 bits per heavy atom. The van der Waals surface area contributed by atoms with Gasteiger partial charge >= 0.3 is 0 Å². The molecule has 0 N–H and O–H groups in total. The maximum Gasteiger partial charge on any atom is 0.165 e. The highest BCUT2D eigenvalue weighted by Crippen LogP contribution is 2.24. The Kier molecular flexibility index (Phi) is 4.02. The van der Waals surface area contributed by atoms with Gasteiger partial charge in [-0.3, -0.25) is 0 Å². The third-order valence-corrected chi connectivity index (χ3v) is 2.34. The van der Waals surface area contributed by atoms with Crippen LogP contribution in [0.5, 0.6) is 0 Å². The second-order valence-electron chi connectivity index (χ2n) is 3.64. The van der Waals surface area contributed by atoms with Crippen molar-refractivity contribution in [3.05, 3.63) is 0 Å². The first-order valence-electron chi connectivity index (χ1n) is 5.05. The molecule has 0 aromatic rings. The molecule has 12 heavy (non-hydrogen) atoms. The lowest BCUT2D eigenvalue weighted by atomic mass is 10.1. The largest absolute Gasteiger partial charge is 0.350 e. The lowest BCUT2D eigenvalue weighted by molar-refractivity contribution is -0.259. The molecule has 2 heteroatoms. The van der Waals surface area contributed by atoms with Gasteiger partial charge in [-0.2, -0.15) is 0 Å². The smallest absolute Gasteiger partial charge is 0.165 e. The molecule has 1 saturated heterocycles. The standard InChI is InChI=1S/C10H20O2/c1-3-4-5-7-10(2)11-8-6-9-12-10/h3-9H2,1-2H3. The van der Waals surface area contributed by atoms with Gasteiger partial charge in [0.2, 0.25) is 0 Å². The van der Waals surface area contributed by atoms with Gasteiger partial charge in [-0.15, -0.1) is 0 Å². The van der Waals surface area contributed by atoms with Crippen molar-refractivity contribution in [1.29, 1.82) is 0 Å². The molecular weight excluding hydrogens is 152 g/mol. The molecule has 0 radical (unpaired) electrons. The third kappa shape index (κ3) is 3.11. The second kappa shape index (κ2) is 4.83. The first-order chi connectivity index (χ1) is 5.77. The zero-order valence-electron chi connectivity index (χ0n) is 8.27. The summed E-state index contributed by atoms with van der Waals surface area (Å²) in [4.78, 5) is 0. The van der Waals surface area contributed by atoms with Crippen molar-refractivity contribution in [2.75, 3.05) is 13.2 Å². The van der Waals surface area contributed by atoms with Crippen LogP contribution in [0.2, 0.25) is 0 Å². The molecule has 1 aliphatic rings. The van der Waals surface area contributed by atoms with Gasteiger partial charge < -0.3 is 9.47 Å². The predicted octanol–water partition coefficient (Wildman–Crippen LogP) is 2.72. The number of hydrogen-bond donors (Lipinski definition) is 0. The van der Waals surface area contributed by atoms with Gasteiger partial charge in [0.1, 0.15) is 0 Å². The van der Waals surface area contributed by atoms with Gasteiger partial charge in [-0.25, -0.2) is 0 Å². The highest BCUT2D eigenvalue weighted by Gasteiger charge is 2.27. The molecule has 0 bridgehead atoms. The van der Waals surface area contributed by atoms with Crippen LogP contribution in [-0.2, 0) is 9.47 Å². The number of hydrogen-bond acceptors (Lipinski definition) is 2. The summed E-state index contributed by atoms with van der Waals surface area (Å²) in [5.41, 5.74) is 0. The minimum atomic E-state index is -0.270. The van der Waals surface area contributed by atoms with Crippen LogP contribution in [0.25, 0.3) is 0 Å². The topological polar surface area (TPSA) is 18.5 Å². The first kappa shape index (κ1) is 10.0. The van der Waals surface area contributed by atoms with Crippen LogP contribution in [0, 0.1) is 0 Å². The molecule has 0 aromatic carbocycles. The van der Waals surface area contributed by atoms with Crippen molar-refractivity contribution >= 4 is 0 Å². The fraction of sp³-hybridized carbons (Fsp3) is 1.00. The molecule has 0 aliphatic carbocycles. The van der Waals surface area contributed by atoms with E-state index >= 15 is 0 Å². The van der Waals surface area contributed by atoms with E-state index in [0.717, 1.165) is 26.1 Å². The van der Waals surface area contributed by atoms with Crippen molar-refractivity contribution in [2.45, 2.75) is 51.7 Å². The highest BCUT2D eigenvalue weighted by atomic mass is 16.7. The molecule has 0 amide bonds. The zero-order chi connectivity index (χ0) is 8.86. The summed E-state index contributed by atoms with van der Waals surface area (Å²) in [5, 5.41) is 0. The fourth-order valence-electron chi connectivity index (χ4n) is 1.52. The minimum Gasteiger partial charge on any atom is -0.350 e. The molecule has 0 atom stereocenters. The Balaban J connectivity index is 2.17. The number of rotatable bonds is 4. The van der Waals surface area contributed by atoms with E-state index in [1.54, 1.807) is 0 Å². The summed E-state index contributed by atoms with van der Waals surface area (Å²) in [6.07, 6.45) is 5.84. The average molecular weight is 172 g/mol. The molecule has 0 aromatic heterocycles. The van der Waals surface area contributed by atoms with E-state index in [2.05, 4.69) is 13.8 Å². The van der Waals surface area contributed by atoms with E-state index in [4.69, 9.17) is 9.47 Å². The van der Waals surface area contributed by atoms with Crippen molar-refractivity contribution in [3.63, 3.8) is 0 Å². The predicted molar refractivity (Wildman–Crippen MR) is 49.1 cm³/mol. The Hall–Kier alpha value is -0.0800. The molecule has 2 nitrogen and oxygen atoms in total. The summed E-state index contributed by atoms with van der Waals surface area (Å²) in [5.74, 6) is -0.270. The maximum atomic E-state index is 5.59. The van der Waals surface area contributed by atoms with Gasteiger partial charge in [0.25, 0.3) is 0 Å². The molecule has 1 rings (SSSR count). The van der Waals surface area contributed by atoms with Gasteiger partial charge in [-0.1, -0.05) is 19.8 Å². The summed E-state index contributed by atoms with van der Waals surface area (Å²) < 4.78 is 11.2. The van der Waals surface area contributed by atoms with Crippen molar-refractivity contribution in [2.24, 2.45) is 0 Å². The second-order valence-corrected chi connectivity index (χ2v) is 3.64. The highest BCUT2D eigenvalue weighted by molar-refractivity contribution is 4.66.